The number of carbonyl (C=O) groups is 1. The molecule has 0 saturated heterocycles. The molecule has 0 unspecified atom stereocenters. The molecule has 5 nitrogen and oxygen atoms in total. The summed E-state index contributed by atoms with van der Waals surface area (Å²) in [5, 5.41) is 11.3. The zero-order chi connectivity index (χ0) is 17.5. The Morgan fingerprint density at radius 2 is 1.80 bits per heavy atom. The van der Waals surface area contributed by atoms with Crippen LogP contribution in [0.4, 0.5) is 5.69 Å². The lowest BCUT2D eigenvalue weighted by atomic mass is 10.1. The Morgan fingerprint density at radius 3 is 2.52 bits per heavy atom. The fourth-order valence-corrected chi connectivity index (χ4v) is 2.87. The number of rotatable bonds is 7. The van der Waals surface area contributed by atoms with Gasteiger partial charge < -0.3 is 9.73 Å². The van der Waals surface area contributed by atoms with Crippen LogP contribution in [-0.2, 0) is 17.6 Å². The molecule has 0 aliphatic heterocycles. The lowest BCUT2D eigenvalue weighted by Gasteiger charge is -2.04. The molecule has 0 radical (unpaired) electrons. The molecule has 25 heavy (non-hydrogen) atoms. The van der Waals surface area contributed by atoms with Gasteiger partial charge in [0.05, 0.1) is 12.2 Å². The number of benzene rings is 2. The zero-order valence-corrected chi connectivity index (χ0v) is 14.8. The van der Waals surface area contributed by atoms with Crippen molar-refractivity contribution in [2.45, 2.75) is 25.0 Å². The van der Waals surface area contributed by atoms with Crippen molar-refractivity contribution < 1.29 is 9.21 Å². The topological polar surface area (TPSA) is 68.0 Å². The number of nitrogens with one attached hydrogen (secondary N) is 1. The third-order valence-electron chi connectivity index (χ3n) is 3.62. The number of aryl methyl sites for hydroxylation is 1. The monoisotopic (exact) mass is 353 g/mol. The van der Waals surface area contributed by atoms with Crippen LogP contribution in [0.15, 0.2) is 64.2 Å². The molecule has 0 bridgehead atoms. The van der Waals surface area contributed by atoms with E-state index in [-0.39, 0.29) is 11.7 Å². The maximum atomic E-state index is 12.0. The van der Waals surface area contributed by atoms with Gasteiger partial charge in [-0.05, 0) is 29.7 Å². The van der Waals surface area contributed by atoms with Crippen LogP contribution < -0.4 is 5.32 Å². The van der Waals surface area contributed by atoms with Gasteiger partial charge in [0, 0.05) is 5.69 Å². The molecule has 1 heterocycles. The minimum Gasteiger partial charge on any atom is -0.416 e. The van der Waals surface area contributed by atoms with Crippen molar-refractivity contribution in [1.82, 2.24) is 10.2 Å². The molecule has 0 spiro atoms. The molecule has 0 fully saturated rings. The van der Waals surface area contributed by atoms with Gasteiger partial charge in [-0.1, -0.05) is 61.2 Å². The molecule has 0 aliphatic carbocycles. The zero-order valence-electron chi connectivity index (χ0n) is 13.9. The van der Waals surface area contributed by atoms with Crippen LogP contribution in [0.2, 0.25) is 0 Å². The molecular weight excluding hydrogens is 334 g/mol. The molecule has 1 aromatic heterocycles. The normalized spacial score (nSPS) is 10.6. The molecule has 0 saturated carbocycles. The Kier molecular flexibility index (Phi) is 5.85. The van der Waals surface area contributed by atoms with E-state index in [1.165, 1.54) is 17.3 Å². The summed E-state index contributed by atoms with van der Waals surface area (Å²) in [6.07, 6.45) is 1.57. The Balaban J connectivity index is 1.48. The van der Waals surface area contributed by atoms with Crippen molar-refractivity contribution in [2.24, 2.45) is 0 Å². The Labute approximate surface area is 150 Å². The van der Waals surface area contributed by atoms with Crippen molar-refractivity contribution in [2.75, 3.05) is 11.1 Å². The van der Waals surface area contributed by atoms with E-state index < -0.39 is 0 Å². The molecule has 2 aromatic carbocycles. The highest BCUT2D eigenvalue weighted by atomic mass is 32.2. The van der Waals surface area contributed by atoms with Crippen molar-refractivity contribution in [3.8, 4) is 0 Å². The molecule has 1 N–H and O–H groups in total. The van der Waals surface area contributed by atoms with Gasteiger partial charge in [-0.2, -0.15) is 0 Å². The maximum absolute atomic E-state index is 12.0. The van der Waals surface area contributed by atoms with E-state index >= 15 is 0 Å². The number of aromatic nitrogens is 2. The summed E-state index contributed by atoms with van der Waals surface area (Å²) in [4.78, 5) is 12.0. The standard InChI is InChI=1S/C19H19N3O2S/c1-2-14-8-10-16(11-9-14)20-17(23)13-25-19-22-21-18(24-19)12-15-6-4-3-5-7-15/h3-11H,2,12-13H2,1H3,(H,20,23). The smallest absolute Gasteiger partial charge is 0.277 e. The average molecular weight is 353 g/mol. The molecule has 0 aliphatic rings. The lowest BCUT2D eigenvalue weighted by Crippen LogP contribution is -2.13. The van der Waals surface area contributed by atoms with E-state index in [1.807, 2.05) is 54.6 Å². The third kappa shape index (κ3) is 5.19. The van der Waals surface area contributed by atoms with Gasteiger partial charge in [-0.3, -0.25) is 4.79 Å². The second-order valence-corrected chi connectivity index (χ2v) is 6.44. The lowest BCUT2D eigenvalue weighted by molar-refractivity contribution is -0.113. The summed E-state index contributed by atoms with van der Waals surface area (Å²) in [6, 6.07) is 17.8. The molecule has 3 rings (SSSR count). The Morgan fingerprint density at radius 1 is 1.04 bits per heavy atom. The van der Waals surface area contributed by atoms with E-state index in [1.54, 1.807) is 0 Å². The van der Waals surface area contributed by atoms with Crippen molar-refractivity contribution in [1.29, 1.82) is 0 Å². The van der Waals surface area contributed by atoms with E-state index in [4.69, 9.17) is 4.42 Å². The van der Waals surface area contributed by atoms with Gasteiger partial charge in [0.25, 0.3) is 5.22 Å². The number of nitrogens with zero attached hydrogens (tertiary/aromatic N) is 2. The molecule has 6 heteroatoms. The highest BCUT2D eigenvalue weighted by Gasteiger charge is 2.10. The summed E-state index contributed by atoms with van der Waals surface area (Å²) >= 11 is 1.23. The number of hydrogen-bond acceptors (Lipinski definition) is 5. The molecule has 1 amide bonds. The number of hydrogen-bond donors (Lipinski definition) is 1. The first-order chi connectivity index (χ1) is 12.2. The van der Waals surface area contributed by atoms with E-state index in [0.29, 0.717) is 17.5 Å². The quantitative estimate of drug-likeness (QED) is 0.651. The number of thioether (sulfide) groups is 1. The minimum atomic E-state index is -0.0999. The van der Waals surface area contributed by atoms with Crippen LogP contribution in [-0.4, -0.2) is 21.9 Å². The Hall–Kier alpha value is -2.60. The fourth-order valence-electron chi connectivity index (χ4n) is 2.29. The van der Waals surface area contributed by atoms with Crippen LogP contribution in [0.5, 0.6) is 0 Å². The summed E-state index contributed by atoms with van der Waals surface area (Å²) in [6.45, 7) is 2.10. The largest absolute Gasteiger partial charge is 0.416 e. The van der Waals surface area contributed by atoms with Gasteiger partial charge in [0.1, 0.15) is 0 Å². The average Bonchev–Trinajstić information content (AvgIpc) is 3.09. The number of amides is 1. The highest BCUT2D eigenvalue weighted by Crippen LogP contribution is 2.18. The number of anilines is 1. The molecule has 128 valence electrons. The van der Waals surface area contributed by atoms with Gasteiger partial charge in [-0.25, -0.2) is 0 Å². The summed E-state index contributed by atoms with van der Waals surface area (Å²) in [5.41, 5.74) is 3.14. The van der Waals surface area contributed by atoms with Gasteiger partial charge in [0.15, 0.2) is 0 Å². The SMILES string of the molecule is CCc1ccc(NC(=O)CSc2nnc(Cc3ccccc3)o2)cc1. The van der Waals surface area contributed by atoms with Crippen LogP contribution in [0.25, 0.3) is 0 Å². The second kappa shape index (κ2) is 8.48. The summed E-state index contributed by atoms with van der Waals surface area (Å²) in [5.74, 6) is 0.670. The van der Waals surface area contributed by atoms with Gasteiger partial charge >= 0.3 is 0 Å². The molecule has 0 atom stereocenters. The third-order valence-corrected chi connectivity index (χ3v) is 4.44. The fraction of sp³-hybridized carbons (Fsp3) is 0.211. The van der Waals surface area contributed by atoms with Gasteiger partial charge in [0.2, 0.25) is 11.8 Å². The molecule has 3 aromatic rings. The summed E-state index contributed by atoms with van der Waals surface area (Å²) < 4.78 is 5.58. The summed E-state index contributed by atoms with van der Waals surface area (Å²) in [7, 11) is 0. The van der Waals surface area contributed by atoms with Crippen LogP contribution in [0, 0.1) is 0 Å². The Bertz CT molecular complexity index is 816. The predicted octanol–water partition coefficient (Wildman–Crippen LogP) is 3.95. The first-order valence-corrected chi connectivity index (χ1v) is 9.09. The van der Waals surface area contributed by atoms with Crippen molar-refractivity contribution >= 4 is 23.4 Å². The van der Waals surface area contributed by atoms with Crippen LogP contribution >= 0.6 is 11.8 Å². The first-order valence-electron chi connectivity index (χ1n) is 8.11. The van der Waals surface area contributed by atoms with Crippen LogP contribution in [0.1, 0.15) is 23.9 Å². The highest BCUT2D eigenvalue weighted by molar-refractivity contribution is 7.99. The predicted molar refractivity (Wildman–Crippen MR) is 98.7 cm³/mol. The molecular formula is C19H19N3O2S. The van der Waals surface area contributed by atoms with Crippen molar-refractivity contribution in [3.63, 3.8) is 0 Å². The van der Waals surface area contributed by atoms with E-state index in [0.717, 1.165) is 17.7 Å². The van der Waals surface area contributed by atoms with Gasteiger partial charge in [-0.15, -0.1) is 10.2 Å². The second-order valence-electron chi connectivity index (χ2n) is 5.51. The van der Waals surface area contributed by atoms with Crippen molar-refractivity contribution in [3.05, 3.63) is 71.6 Å². The minimum absolute atomic E-state index is 0.0999. The van der Waals surface area contributed by atoms with E-state index in [9.17, 15) is 4.79 Å². The van der Waals surface area contributed by atoms with E-state index in [2.05, 4.69) is 22.4 Å². The first kappa shape index (κ1) is 17.2. The maximum Gasteiger partial charge on any atom is 0.277 e. The number of carbonyl (C=O) groups excluding carboxylic acids is 1. The van der Waals surface area contributed by atoms with Crippen LogP contribution in [0.3, 0.4) is 0 Å².